The number of halogens is 4. The van der Waals surface area contributed by atoms with Crippen molar-refractivity contribution in [3.05, 3.63) is 86.2 Å². The molecule has 21 heteroatoms. The molecule has 0 spiro atoms. The largest absolute Gasteiger partial charge is 0.383 e. The van der Waals surface area contributed by atoms with Crippen LogP contribution in [0.4, 0.5) is 30.2 Å². The Balaban J connectivity index is 0.779. The molecule has 0 bridgehead atoms. The molecule has 0 saturated carbocycles. The Morgan fingerprint density at radius 1 is 0.726 bits per heavy atom. The maximum Gasteiger partial charge on any atom is 0.277 e. The first-order chi connectivity index (χ1) is 30.0. The molecule has 3 aromatic rings. The number of hydroxylamine groups is 1. The summed E-state index contributed by atoms with van der Waals surface area (Å²) in [5, 5.41) is 11.0. The third-order valence-corrected chi connectivity index (χ3v) is 9.89. The molecule has 1 atom stereocenters. The predicted octanol–water partition coefficient (Wildman–Crippen LogP) is 3.69. The Bertz CT molecular complexity index is 2030. The molecule has 336 valence electrons. The van der Waals surface area contributed by atoms with Crippen molar-refractivity contribution in [3.63, 3.8) is 0 Å². The topological polar surface area (TPSA) is 204 Å². The molecule has 2 heterocycles. The number of benzene rings is 3. The van der Waals surface area contributed by atoms with Gasteiger partial charge in [0.25, 0.3) is 17.7 Å². The van der Waals surface area contributed by atoms with Crippen LogP contribution in [0.5, 0.6) is 0 Å². The van der Waals surface area contributed by atoms with Crippen molar-refractivity contribution < 1.29 is 65.7 Å². The summed E-state index contributed by atoms with van der Waals surface area (Å²) in [5.74, 6) is -6.24. The molecule has 1 saturated heterocycles. The van der Waals surface area contributed by atoms with E-state index in [-0.39, 0.29) is 41.8 Å². The van der Waals surface area contributed by atoms with Gasteiger partial charge >= 0.3 is 0 Å². The van der Waals surface area contributed by atoms with Gasteiger partial charge in [0.05, 0.1) is 101 Å². The van der Waals surface area contributed by atoms with Gasteiger partial charge in [-0.3, -0.25) is 39.0 Å². The van der Waals surface area contributed by atoms with E-state index in [1.165, 1.54) is 12.1 Å². The van der Waals surface area contributed by atoms with Crippen molar-refractivity contribution >= 4 is 69.2 Å². The second-order valence-corrected chi connectivity index (χ2v) is 14.9. The van der Waals surface area contributed by atoms with E-state index in [0.717, 1.165) is 17.0 Å². The average Bonchev–Trinajstić information content (AvgIpc) is 3.49. The van der Waals surface area contributed by atoms with Crippen LogP contribution in [0.15, 0.2) is 48.5 Å². The summed E-state index contributed by atoms with van der Waals surface area (Å²) >= 11 is 1.91. The Kier molecular flexibility index (Phi) is 19.8. The molecule has 0 aliphatic carbocycles. The van der Waals surface area contributed by atoms with Gasteiger partial charge in [0.15, 0.2) is 11.6 Å². The first-order valence-corrected chi connectivity index (χ1v) is 20.9. The minimum absolute atomic E-state index is 0.0580. The van der Waals surface area contributed by atoms with E-state index < -0.39 is 58.7 Å². The maximum atomic E-state index is 14.6. The first-order valence-electron chi connectivity index (χ1n) is 19.9. The third kappa shape index (κ3) is 14.4. The van der Waals surface area contributed by atoms with Gasteiger partial charge in [-0.15, -0.1) is 0 Å². The van der Waals surface area contributed by atoms with E-state index >= 15 is 0 Å². The highest BCUT2D eigenvalue weighted by Crippen LogP contribution is 2.30. The molecule has 0 aromatic heterocycles. The van der Waals surface area contributed by atoms with Crippen molar-refractivity contribution in [1.82, 2.24) is 21.0 Å². The fourth-order valence-corrected chi connectivity index (χ4v) is 6.58. The SMILES string of the molecule is O=C1CCC(N2C(=O)c3ccc(NCCOCCOCCOCCOCCOCCNCCCONC(=O)c4ccc(F)c(F)c4Nc4ccc(I)cc4F)cc3C2=O)C(=O)N1. The first kappa shape index (κ1) is 48.3. The van der Waals surface area contributed by atoms with Crippen molar-refractivity contribution in [2.45, 2.75) is 25.3 Å². The van der Waals surface area contributed by atoms with Crippen LogP contribution >= 0.6 is 22.6 Å². The molecular formula is C41H48F3IN6O11. The lowest BCUT2D eigenvalue weighted by molar-refractivity contribution is -0.136. The van der Waals surface area contributed by atoms with Crippen LogP contribution in [0, 0.1) is 21.0 Å². The van der Waals surface area contributed by atoms with E-state index in [1.807, 2.05) is 22.6 Å². The molecule has 62 heavy (non-hydrogen) atoms. The number of hydrogen-bond donors (Lipinski definition) is 5. The number of nitrogens with one attached hydrogen (secondary N) is 5. The van der Waals surface area contributed by atoms with Crippen molar-refractivity contribution in [3.8, 4) is 0 Å². The maximum absolute atomic E-state index is 14.6. The number of piperidine rings is 1. The minimum atomic E-state index is -1.33. The zero-order valence-electron chi connectivity index (χ0n) is 33.7. The van der Waals surface area contributed by atoms with Gasteiger partial charge in [-0.25, -0.2) is 18.7 Å². The summed E-state index contributed by atoms with van der Waals surface area (Å²) < 4.78 is 71.0. The van der Waals surface area contributed by atoms with Crippen molar-refractivity contribution in [2.75, 3.05) is 103 Å². The fourth-order valence-electron chi connectivity index (χ4n) is 6.13. The molecule has 2 aliphatic rings. The van der Waals surface area contributed by atoms with E-state index in [2.05, 4.69) is 26.7 Å². The number of ether oxygens (including phenoxy) is 5. The molecule has 5 N–H and O–H groups in total. The van der Waals surface area contributed by atoms with Gasteiger partial charge in [-0.1, -0.05) is 0 Å². The Morgan fingerprint density at radius 3 is 2.03 bits per heavy atom. The number of nitrogens with zero attached hydrogens (tertiary/aromatic N) is 1. The van der Waals surface area contributed by atoms with Crippen LogP contribution in [-0.4, -0.2) is 133 Å². The summed E-state index contributed by atoms with van der Waals surface area (Å²) in [5.41, 5.74) is 2.34. The van der Waals surface area contributed by atoms with Gasteiger partial charge < -0.3 is 39.6 Å². The highest BCUT2D eigenvalue weighted by atomic mass is 127. The van der Waals surface area contributed by atoms with Gasteiger partial charge in [0, 0.05) is 28.8 Å². The highest BCUT2D eigenvalue weighted by molar-refractivity contribution is 14.1. The molecule has 17 nitrogen and oxygen atoms in total. The Morgan fingerprint density at radius 2 is 1.37 bits per heavy atom. The standard InChI is InChI=1S/C41H48F3IN6O11/c42-31-6-5-29(37(36(31)44)48-33-7-2-26(45)24-32(33)43)38(53)50-62-13-1-10-46-11-14-57-16-18-59-20-22-61-23-21-60-19-17-58-15-12-47-27-3-4-28-30(25-27)41(56)51(40(28)55)34-8-9-35(52)49-39(34)54/h2-7,24-25,34,46-48H,1,8-23H2,(H,50,53)(H,49,52,54). The molecular weight excluding hydrogens is 936 g/mol. The summed E-state index contributed by atoms with van der Waals surface area (Å²) in [4.78, 5) is 68.3. The highest BCUT2D eigenvalue weighted by Gasteiger charge is 2.44. The second-order valence-electron chi connectivity index (χ2n) is 13.6. The lowest BCUT2D eigenvalue weighted by atomic mass is 10.0. The van der Waals surface area contributed by atoms with E-state index in [0.29, 0.717) is 101 Å². The number of rotatable bonds is 28. The number of hydrogen-bond acceptors (Lipinski definition) is 14. The minimum Gasteiger partial charge on any atom is -0.383 e. The number of fused-ring (bicyclic) bond motifs is 1. The van der Waals surface area contributed by atoms with Gasteiger partial charge in [0.1, 0.15) is 11.9 Å². The molecule has 2 aliphatic heterocycles. The second kappa shape index (κ2) is 25.4. The number of amides is 5. The number of carbonyl (C=O) groups excluding carboxylic acids is 5. The molecule has 5 rings (SSSR count). The number of imide groups is 2. The molecule has 1 unspecified atom stereocenters. The molecule has 0 radical (unpaired) electrons. The van der Waals surface area contributed by atoms with Crippen LogP contribution in [0.2, 0.25) is 0 Å². The van der Waals surface area contributed by atoms with E-state index in [4.69, 9.17) is 28.5 Å². The van der Waals surface area contributed by atoms with Gasteiger partial charge in [0.2, 0.25) is 11.8 Å². The van der Waals surface area contributed by atoms with E-state index in [1.54, 1.807) is 24.3 Å². The van der Waals surface area contributed by atoms with Gasteiger partial charge in [-0.2, -0.15) is 0 Å². The summed E-state index contributed by atoms with van der Waals surface area (Å²) in [6.45, 7) is 5.72. The van der Waals surface area contributed by atoms with Crippen LogP contribution in [0.25, 0.3) is 0 Å². The van der Waals surface area contributed by atoms with Crippen LogP contribution < -0.4 is 26.7 Å². The summed E-state index contributed by atoms with van der Waals surface area (Å²) in [7, 11) is 0. The third-order valence-electron chi connectivity index (χ3n) is 9.22. The fraction of sp³-hybridized carbons (Fsp3) is 0.439. The number of carbonyl (C=O) groups is 5. The normalized spacial score (nSPS) is 14.9. The van der Waals surface area contributed by atoms with Crippen molar-refractivity contribution in [2.24, 2.45) is 0 Å². The molecule has 1 fully saturated rings. The predicted molar refractivity (Wildman–Crippen MR) is 225 cm³/mol. The van der Waals surface area contributed by atoms with E-state index in [9.17, 15) is 37.1 Å². The lowest BCUT2D eigenvalue weighted by Gasteiger charge is -2.27. The van der Waals surface area contributed by atoms with Crippen LogP contribution in [0.1, 0.15) is 50.3 Å². The molecule has 5 amide bonds. The van der Waals surface area contributed by atoms with Crippen LogP contribution in [-0.2, 0) is 38.1 Å². The monoisotopic (exact) mass is 984 g/mol. The summed E-state index contributed by atoms with van der Waals surface area (Å²) in [6.07, 6.45) is 0.687. The van der Waals surface area contributed by atoms with Crippen LogP contribution in [0.3, 0.4) is 0 Å². The van der Waals surface area contributed by atoms with Gasteiger partial charge in [-0.05, 0) is 90.5 Å². The molecule has 3 aromatic carbocycles. The Hall–Kier alpha value is -4.75. The van der Waals surface area contributed by atoms with Crippen molar-refractivity contribution in [1.29, 1.82) is 0 Å². The summed E-state index contributed by atoms with van der Waals surface area (Å²) in [6, 6.07) is 9.81. The average molecular weight is 985 g/mol. The Labute approximate surface area is 369 Å². The quantitative estimate of drug-likeness (QED) is 0.0305. The zero-order valence-corrected chi connectivity index (χ0v) is 35.8. The number of anilines is 3. The smallest absolute Gasteiger partial charge is 0.277 e. The lowest BCUT2D eigenvalue weighted by Crippen LogP contribution is -2.54. The zero-order chi connectivity index (χ0) is 44.3.